The summed E-state index contributed by atoms with van der Waals surface area (Å²) in [6, 6.07) is 1.84. The lowest BCUT2D eigenvalue weighted by Crippen LogP contribution is -2.40. The molecule has 0 aliphatic heterocycles. The second kappa shape index (κ2) is 13.4. The lowest BCUT2D eigenvalue weighted by atomic mass is 9.65. The largest absolute Gasteiger partial charge is 0.374 e. The van der Waals surface area contributed by atoms with Crippen LogP contribution in [0, 0.1) is 53.0 Å². The van der Waals surface area contributed by atoms with Gasteiger partial charge in [0.25, 0.3) is 0 Å². The molecule has 1 aromatic rings. The van der Waals surface area contributed by atoms with E-state index in [1.165, 1.54) is 51.4 Å². The molecule has 0 aromatic heterocycles. The SMILES string of the molecule is CC1CCC(C2CCC(C3CCC(C(F)(F)OC4CCC(OCc5cc(F)c(F)c(F)c5)CC4)CC3)CC2)CC1. The molecule has 4 aliphatic carbocycles. The molecule has 40 heavy (non-hydrogen) atoms. The molecule has 5 rings (SSSR count). The zero-order chi connectivity index (χ0) is 28.3. The predicted molar refractivity (Wildman–Crippen MR) is 145 cm³/mol. The van der Waals surface area contributed by atoms with E-state index in [-0.39, 0.29) is 18.3 Å². The van der Waals surface area contributed by atoms with Gasteiger partial charge in [0, 0.05) is 0 Å². The molecule has 0 unspecified atom stereocenters. The first-order chi connectivity index (χ1) is 19.2. The summed E-state index contributed by atoms with van der Waals surface area (Å²) in [6.07, 6.45) is 11.9. The van der Waals surface area contributed by atoms with E-state index >= 15 is 8.78 Å². The maximum Gasteiger partial charge on any atom is 0.358 e. The van der Waals surface area contributed by atoms with E-state index in [2.05, 4.69) is 6.92 Å². The molecule has 4 aliphatic rings. The normalized spacial score (nSPS) is 36.0. The van der Waals surface area contributed by atoms with Crippen LogP contribution in [0.25, 0.3) is 0 Å². The number of hydrogen-bond donors (Lipinski definition) is 0. The molecule has 0 heterocycles. The molecule has 0 spiro atoms. The lowest BCUT2D eigenvalue weighted by molar-refractivity contribution is -0.303. The highest BCUT2D eigenvalue weighted by atomic mass is 19.3. The zero-order valence-corrected chi connectivity index (χ0v) is 24.0. The summed E-state index contributed by atoms with van der Waals surface area (Å²) in [6.45, 7) is 2.33. The van der Waals surface area contributed by atoms with Crippen LogP contribution < -0.4 is 0 Å². The molecule has 0 atom stereocenters. The molecule has 2 nitrogen and oxygen atoms in total. The highest BCUT2D eigenvalue weighted by Crippen LogP contribution is 2.48. The molecule has 0 saturated heterocycles. The minimum atomic E-state index is -3.11. The molecule has 0 amide bonds. The second-order valence-electron chi connectivity index (χ2n) is 13.6. The fraction of sp³-hybridized carbons (Fsp3) is 0.818. The maximum absolute atomic E-state index is 15.2. The standard InChI is InChI=1S/C33H47F5O2/c1-21-2-4-23(5-3-21)24-6-8-25(9-7-24)26-10-12-27(13-11-26)33(37,38)40-29-16-14-28(15-17-29)39-20-22-18-30(34)32(36)31(35)19-22/h18-19,21,23-29H,2-17,20H2,1H3. The number of ether oxygens (including phenoxy) is 2. The summed E-state index contributed by atoms with van der Waals surface area (Å²) >= 11 is 0. The summed E-state index contributed by atoms with van der Waals surface area (Å²) < 4.78 is 81.4. The van der Waals surface area contributed by atoms with Crippen molar-refractivity contribution in [3.63, 3.8) is 0 Å². The molecular formula is C33H47F5O2. The van der Waals surface area contributed by atoms with Crippen molar-refractivity contribution in [2.24, 2.45) is 35.5 Å². The molecule has 1 aromatic carbocycles. The fourth-order valence-electron chi connectivity index (χ4n) is 8.31. The second-order valence-corrected chi connectivity index (χ2v) is 13.6. The molecule has 0 radical (unpaired) electrons. The third kappa shape index (κ3) is 7.59. The van der Waals surface area contributed by atoms with E-state index in [1.807, 2.05) is 0 Å². The smallest absolute Gasteiger partial charge is 0.358 e. The molecule has 4 saturated carbocycles. The number of halogens is 5. The summed E-state index contributed by atoms with van der Waals surface area (Å²) in [7, 11) is 0. The molecule has 7 heteroatoms. The summed E-state index contributed by atoms with van der Waals surface area (Å²) in [4.78, 5) is 0. The number of benzene rings is 1. The number of hydrogen-bond acceptors (Lipinski definition) is 2. The first-order valence-electron chi connectivity index (χ1n) is 16.0. The highest BCUT2D eigenvalue weighted by molar-refractivity contribution is 5.18. The number of rotatable bonds is 8. The van der Waals surface area contributed by atoms with Gasteiger partial charge in [-0.25, -0.2) is 13.2 Å². The van der Waals surface area contributed by atoms with Crippen molar-refractivity contribution < 1.29 is 31.4 Å². The minimum Gasteiger partial charge on any atom is -0.374 e. The zero-order valence-electron chi connectivity index (χ0n) is 24.0. The van der Waals surface area contributed by atoms with Gasteiger partial charge in [0.1, 0.15) is 0 Å². The Bertz CT molecular complexity index is 915. The number of alkyl halides is 2. The van der Waals surface area contributed by atoms with Gasteiger partial charge in [0.2, 0.25) is 0 Å². The van der Waals surface area contributed by atoms with Crippen LogP contribution in [-0.2, 0) is 16.1 Å². The topological polar surface area (TPSA) is 18.5 Å². The van der Waals surface area contributed by atoms with Gasteiger partial charge in [-0.1, -0.05) is 19.8 Å². The van der Waals surface area contributed by atoms with Crippen molar-refractivity contribution in [3.8, 4) is 0 Å². The van der Waals surface area contributed by atoms with Gasteiger partial charge < -0.3 is 9.47 Å². The van der Waals surface area contributed by atoms with Crippen molar-refractivity contribution in [2.75, 3.05) is 0 Å². The molecule has 0 N–H and O–H groups in total. The van der Waals surface area contributed by atoms with E-state index in [0.29, 0.717) is 50.4 Å². The Morgan fingerprint density at radius 3 is 1.55 bits per heavy atom. The molecule has 4 fully saturated rings. The van der Waals surface area contributed by atoms with E-state index in [0.717, 1.165) is 42.7 Å². The van der Waals surface area contributed by atoms with Gasteiger partial charge in [-0.2, -0.15) is 8.78 Å². The quantitative estimate of drug-likeness (QED) is 0.229. The Balaban J connectivity index is 0.996. The summed E-state index contributed by atoms with van der Waals surface area (Å²) in [5.41, 5.74) is 0.212. The Hall–Kier alpha value is -1.21. The van der Waals surface area contributed by atoms with Crippen LogP contribution >= 0.6 is 0 Å². The van der Waals surface area contributed by atoms with Crippen LogP contribution in [0.1, 0.15) is 115 Å². The van der Waals surface area contributed by atoms with Crippen LogP contribution in [0.15, 0.2) is 12.1 Å². The van der Waals surface area contributed by atoms with Crippen molar-refractivity contribution in [1.29, 1.82) is 0 Å². The summed E-state index contributed by atoms with van der Waals surface area (Å²) in [5.74, 6) is -0.671. The van der Waals surface area contributed by atoms with Crippen LogP contribution in [0.4, 0.5) is 22.0 Å². The molecular weight excluding hydrogens is 523 g/mol. The first-order valence-corrected chi connectivity index (χ1v) is 16.0. The van der Waals surface area contributed by atoms with Gasteiger partial charge >= 0.3 is 6.11 Å². The van der Waals surface area contributed by atoms with Crippen LogP contribution in [-0.4, -0.2) is 18.3 Å². The average molecular weight is 571 g/mol. The minimum absolute atomic E-state index is 0.0504. The Morgan fingerprint density at radius 1 is 0.625 bits per heavy atom. The van der Waals surface area contributed by atoms with Crippen LogP contribution in [0.5, 0.6) is 0 Å². The van der Waals surface area contributed by atoms with Crippen molar-refractivity contribution in [2.45, 2.75) is 135 Å². The highest BCUT2D eigenvalue weighted by Gasteiger charge is 2.46. The van der Waals surface area contributed by atoms with Crippen LogP contribution in [0.3, 0.4) is 0 Å². The lowest BCUT2D eigenvalue weighted by Gasteiger charge is -2.42. The van der Waals surface area contributed by atoms with E-state index in [9.17, 15) is 13.2 Å². The molecule has 226 valence electrons. The van der Waals surface area contributed by atoms with E-state index in [4.69, 9.17) is 9.47 Å². The van der Waals surface area contributed by atoms with Gasteiger partial charge in [-0.15, -0.1) is 0 Å². The third-order valence-electron chi connectivity index (χ3n) is 10.9. The summed E-state index contributed by atoms with van der Waals surface area (Å²) in [5, 5.41) is 0. The Morgan fingerprint density at radius 2 is 1.05 bits per heavy atom. The van der Waals surface area contributed by atoms with E-state index in [1.54, 1.807) is 0 Å². The van der Waals surface area contributed by atoms with Crippen molar-refractivity contribution >= 4 is 0 Å². The average Bonchev–Trinajstić information content (AvgIpc) is 2.96. The van der Waals surface area contributed by atoms with Crippen molar-refractivity contribution in [1.82, 2.24) is 0 Å². The van der Waals surface area contributed by atoms with Gasteiger partial charge in [-0.05, 0) is 137 Å². The molecule has 0 bridgehead atoms. The van der Waals surface area contributed by atoms with Crippen molar-refractivity contribution in [3.05, 3.63) is 35.1 Å². The van der Waals surface area contributed by atoms with Crippen LogP contribution in [0.2, 0.25) is 0 Å². The monoisotopic (exact) mass is 570 g/mol. The first kappa shape index (κ1) is 30.3. The van der Waals surface area contributed by atoms with Gasteiger partial charge in [0.05, 0.1) is 24.7 Å². The third-order valence-corrected chi connectivity index (χ3v) is 10.9. The maximum atomic E-state index is 15.2. The van der Waals surface area contributed by atoms with Gasteiger partial charge in [0.15, 0.2) is 17.5 Å². The fourth-order valence-corrected chi connectivity index (χ4v) is 8.31. The van der Waals surface area contributed by atoms with Gasteiger partial charge in [-0.3, -0.25) is 0 Å². The Labute approximate surface area is 236 Å². The van der Waals surface area contributed by atoms with E-state index < -0.39 is 35.6 Å². The predicted octanol–water partition coefficient (Wildman–Crippen LogP) is 9.98. The Kier molecular flexibility index (Phi) is 10.1.